The Kier molecular flexibility index (Phi) is 3.91. The van der Waals surface area contributed by atoms with Gasteiger partial charge in [0.05, 0.1) is 17.3 Å². The number of anilines is 1. The predicted molar refractivity (Wildman–Crippen MR) is 82.7 cm³/mol. The Morgan fingerprint density at radius 2 is 1.71 bits per heavy atom. The summed E-state index contributed by atoms with van der Waals surface area (Å²) in [5, 5.41) is 0. The Balaban J connectivity index is 2.04. The molecule has 1 amide bonds. The Bertz CT molecular complexity index is 797. The topological polar surface area (TPSA) is 37.4 Å². The van der Waals surface area contributed by atoms with Crippen LogP contribution in [0.1, 0.15) is 40.9 Å². The highest BCUT2D eigenvalue weighted by atomic mass is 19.4. The fourth-order valence-corrected chi connectivity index (χ4v) is 3.01. The zero-order valence-electron chi connectivity index (χ0n) is 12.8. The predicted octanol–water partition coefficient (Wildman–Crippen LogP) is 4.39. The van der Waals surface area contributed by atoms with E-state index in [1.165, 1.54) is 24.0 Å². The Morgan fingerprint density at radius 1 is 1.08 bits per heavy atom. The van der Waals surface area contributed by atoms with E-state index in [0.717, 1.165) is 12.1 Å². The van der Waals surface area contributed by atoms with E-state index in [0.29, 0.717) is 16.8 Å². The van der Waals surface area contributed by atoms with Gasteiger partial charge in [-0.25, -0.2) is 0 Å². The molecule has 3 nitrogen and oxygen atoms in total. The van der Waals surface area contributed by atoms with Crippen LogP contribution in [0, 0.1) is 0 Å². The first kappa shape index (κ1) is 16.2. The van der Waals surface area contributed by atoms with E-state index in [1.807, 2.05) is 0 Å². The summed E-state index contributed by atoms with van der Waals surface area (Å²) in [6, 6.07) is 10.7. The van der Waals surface area contributed by atoms with Crippen LogP contribution in [0.3, 0.4) is 0 Å². The van der Waals surface area contributed by atoms with Crippen LogP contribution in [0.25, 0.3) is 0 Å². The number of benzene rings is 2. The van der Waals surface area contributed by atoms with Crippen LogP contribution in [-0.2, 0) is 11.0 Å². The first-order valence-corrected chi connectivity index (χ1v) is 7.38. The number of hydrogen-bond acceptors (Lipinski definition) is 2. The second kappa shape index (κ2) is 5.78. The Hall–Kier alpha value is -2.63. The SMILES string of the molecule is CC(=O)N1c2ccccc2C(=O)C[C@H]1c1ccc(C(F)(F)F)cc1. The van der Waals surface area contributed by atoms with Crippen molar-refractivity contribution in [3.63, 3.8) is 0 Å². The van der Waals surface area contributed by atoms with Crippen LogP contribution in [-0.4, -0.2) is 11.7 Å². The van der Waals surface area contributed by atoms with Gasteiger partial charge < -0.3 is 4.90 Å². The van der Waals surface area contributed by atoms with Gasteiger partial charge in [0.15, 0.2) is 5.78 Å². The third-order valence-electron chi connectivity index (χ3n) is 4.12. The smallest absolute Gasteiger partial charge is 0.304 e. The van der Waals surface area contributed by atoms with Crippen molar-refractivity contribution in [3.8, 4) is 0 Å². The third-order valence-corrected chi connectivity index (χ3v) is 4.12. The lowest BCUT2D eigenvalue weighted by molar-refractivity contribution is -0.137. The van der Waals surface area contributed by atoms with Gasteiger partial charge in [-0.3, -0.25) is 9.59 Å². The molecule has 6 heteroatoms. The number of halogens is 3. The van der Waals surface area contributed by atoms with Crippen molar-refractivity contribution < 1.29 is 22.8 Å². The molecule has 3 rings (SSSR count). The number of amides is 1. The highest BCUT2D eigenvalue weighted by molar-refractivity contribution is 6.09. The molecular weight excluding hydrogens is 319 g/mol. The molecule has 0 aromatic heterocycles. The number of Topliss-reactive ketones (excluding diaryl/α,β-unsaturated/α-hetero) is 1. The molecule has 0 bridgehead atoms. The van der Waals surface area contributed by atoms with E-state index in [4.69, 9.17) is 0 Å². The molecule has 0 aliphatic carbocycles. The summed E-state index contributed by atoms with van der Waals surface area (Å²) in [4.78, 5) is 25.9. The molecule has 0 unspecified atom stereocenters. The highest BCUT2D eigenvalue weighted by Gasteiger charge is 2.35. The maximum absolute atomic E-state index is 12.7. The van der Waals surface area contributed by atoms with Crippen molar-refractivity contribution in [3.05, 3.63) is 65.2 Å². The zero-order valence-corrected chi connectivity index (χ0v) is 12.8. The van der Waals surface area contributed by atoms with E-state index < -0.39 is 17.8 Å². The molecule has 0 saturated carbocycles. The average molecular weight is 333 g/mol. The standard InChI is InChI=1S/C18H14F3NO2/c1-11(23)22-15-5-3-2-4-14(15)17(24)10-16(22)12-6-8-13(9-7-12)18(19,20)21/h2-9,16H,10H2,1H3/t16-/m0/s1. The van der Waals surface area contributed by atoms with Gasteiger partial charge in [0.25, 0.3) is 0 Å². The monoisotopic (exact) mass is 333 g/mol. The van der Waals surface area contributed by atoms with Crippen LogP contribution in [0.5, 0.6) is 0 Å². The summed E-state index contributed by atoms with van der Waals surface area (Å²) in [5.74, 6) is -0.396. The molecule has 0 spiro atoms. The summed E-state index contributed by atoms with van der Waals surface area (Å²) in [6.07, 6.45) is -4.38. The number of fused-ring (bicyclic) bond motifs is 1. The number of carbonyl (C=O) groups is 2. The van der Waals surface area contributed by atoms with Crippen LogP contribution < -0.4 is 4.90 Å². The zero-order chi connectivity index (χ0) is 17.5. The van der Waals surface area contributed by atoms with E-state index >= 15 is 0 Å². The van der Waals surface area contributed by atoms with Gasteiger partial charge in [-0.2, -0.15) is 13.2 Å². The first-order chi connectivity index (χ1) is 11.3. The molecule has 2 aromatic carbocycles. The summed E-state index contributed by atoms with van der Waals surface area (Å²) in [7, 11) is 0. The minimum atomic E-state index is -4.42. The summed E-state index contributed by atoms with van der Waals surface area (Å²) >= 11 is 0. The molecule has 0 radical (unpaired) electrons. The molecule has 2 aromatic rings. The highest BCUT2D eigenvalue weighted by Crippen LogP contribution is 2.39. The van der Waals surface area contributed by atoms with Gasteiger partial charge in [-0.15, -0.1) is 0 Å². The number of para-hydroxylation sites is 1. The number of alkyl halides is 3. The van der Waals surface area contributed by atoms with E-state index in [-0.39, 0.29) is 18.1 Å². The van der Waals surface area contributed by atoms with Crippen LogP contribution in [0.15, 0.2) is 48.5 Å². The van der Waals surface area contributed by atoms with Crippen molar-refractivity contribution >= 4 is 17.4 Å². The van der Waals surface area contributed by atoms with Gasteiger partial charge in [0.2, 0.25) is 5.91 Å². The maximum atomic E-state index is 12.7. The normalized spacial score (nSPS) is 17.6. The lowest BCUT2D eigenvalue weighted by Gasteiger charge is -2.36. The van der Waals surface area contributed by atoms with E-state index in [9.17, 15) is 22.8 Å². The number of ketones is 1. The van der Waals surface area contributed by atoms with Crippen molar-refractivity contribution in [1.82, 2.24) is 0 Å². The third kappa shape index (κ3) is 2.79. The van der Waals surface area contributed by atoms with Crippen LogP contribution in [0.2, 0.25) is 0 Å². The molecule has 1 heterocycles. The van der Waals surface area contributed by atoms with Crippen LogP contribution in [0.4, 0.5) is 18.9 Å². The quantitative estimate of drug-likeness (QED) is 0.776. The Labute approximate surface area is 136 Å². The van der Waals surface area contributed by atoms with Gasteiger partial charge >= 0.3 is 6.18 Å². The number of hydrogen-bond donors (Lipinski definition) is 0. The van der Waals surface area contributed by atoms with Gasteiger partial charge in [0, 0.05) is 18.9 Å². The van der Waals surface area contributed by atoms with Crippen molar-refractivity contribution in [2.45, 2.75) is 25.6 Å². The molecule has 0 N–H and O–H groups in total. The molecule has 1 atom stereocenters. The molecule has 1 aliphatic heterocycles. The number of rotatable bonds is 1. The Morgan fingerprint density at radius 3 is 2.29 bits per heavy atom. The lowest BCUT2D eigenvalue weighted by atomic mass is 9.90. The van der Waals surface area contributed by atoms with Gasteiger partial charge in [-0.1, -0.05) is 24.3 Å². The largest absolute Gasteiger partial charge is 0.416 e. The molecule has 0 fully saturated rings. The van der Waals surface area contributed by atoms with E-state index in [1.54, 1.807) is 24.3 Å². The average Bonchev–Trinajstić information content (AvgIpc) is 2.53. The minimum Gasteiger partial charge on any atom is -0.304 e. The summed E-state index contributed by atoms with van der Waals surface area (Å²) < 4.78 is 38.1. The summed E-state index contributed by atoms with van der Waals surface area (Å²) in [5.41, 5.74) is 0.686. The summed E-state index contributed by atoms with van der Waals surface area (Å²) in [6.45, 7) is 1.38. The van der Waals surface area contributed by atoms with E-state index in [2.05, 4.69) is 0 Å². The second-order valence-electron chi connectivity index (χ2n) is 5.67. The van der Waals surface area contributed by atoms with Crippen molar-refractivity contribution in [2.24, 2.45) is 0 Å². The molecule has 124 valence electrons. The fraction of sp³-hybridized carbons (Fsp3) is 0.222. The van der Waals surface area contributed by atoms with Gasteiger partial charge in [-0.05, 0) is 29.8 Å². The fourth-order valence-electron chi connectivity index (χ4n) is 3.01. The number of carbonyl (C=O) groups excluding carboxylic acids is 2. The molecular formula is C18H14F3NO2. The second-order valence-corrected chi connectivity index (χ2v) is 5.67. The minimum absolute atomic E-state index is 0.0436. The number of nitrogens with zero attached hydrogens (tertiary/aromatic N) is 1. The van der Waals surface area contributed by atoms with Gasteiger partial charge in [0.1, 0.15) is 0 Å². The lowest BCUT2D eigenvalue weighted by Crippen LogP contribution is -2.38. The molecule has 24 heavy (non-hydrogen) atoms. The van der Waals surface area contributed by atoms with Crippen LogP contribution >= 0.6 is 0 Å². The molecule has 0 saturated heterocycles. The maximum Gasteiger partial charge on any atom is 0.416 e. The molecule has 1 aliphatic rings. The first-order valence-electron chi connectivity index (χ1n) is 7.38. The van der Waals surface area contributed by atoms with Crippen molar-refractivity contribution in [2.75, 3.05) is 4.90 Å². The van der Waals surface area contributed by atoms with Crippen molar-refractivity contribution in [1.29, 1.82) is 0 Å².